The van der Waals surface area contributed by atoms with Crippen LogP contribution in [0.25, 0.3) is 11.3 Å². The molecule has 0 bridgehead atoms. The molecule has 10 heteroatoms. The molecule has 2 aliphatic rings. The fourth-order valence-corrected chi connectivity index (χ4v) is 5.10. The molecule has 4 aromatic heterocycles. The monoisotopic (exact) mass is 447 g/mol. The van der Waals surface area contributed by atoms with Crippen LogP contribution in [0, 0.1) is 0 Å². The van der Waals surface area contributed by atoms with Gasteiger partial charge in [-0.15, -0.1) is 5.10 Å². The molecule has 0 spiro atoms. The van der Waals surface area contributed by atoms with Crippen molar-refractivity contribution in [3.05, 3.63) is 43.4 Å². The molecule has 6 rings (SSSR count). The van der Waals surface area contributed by atoms with Crippen LogP contribution < -0.4 is 10.2 Å². The quantitative estimate of drug-likeness (QED) is 0.467. The minimum Gasteiger partial charge on any atom is -0.394 e. The first-order valence-electron chi connectivity index (χ1n) is 11.9. The molecule has 1 saturated heterocycles. The normalized spacial score (nSPS) is 19.5. The Bertz CT molecular complexity index is 1240. The Labute approximate surface area is 191 Å². The Morgan fingerprint density at radius 1 is 1.03 bits per heavy atom. The number of nitrogens with zero attached hydrogens (tertiary/aromatic N) is 8. The summed E-state index contributed by atoms with van der Waals surface area (Å²) in [6.45, 7) is 0.948. The van der Waals surface area contributed by atoms with Gasteiger partial charge in [0, 0.05) is 25.0 Å². The van der Waals surface area contributed by atoms with Crippen molar-refractivity contribution in [2.24, 2.45) is 0 Å². The van der Waals surface area contributed by atoms with Crippen LogP contribution in [0.15, 0.2) is 43.4 Å². The molecule has 10 nitrogen and oxygen atoms in total. The van der Waals surface area contributed by atoms with Crippen LogP contribution in [0.5, 0.6) is 0 Å². The molecular formula is C23H29N9O. The number of anilines is 3. The number of fused-ring (bicyclic) bond motifs is 1. The Balaban J connectivity index is 1.25. The van der Waals surface area contributed by atoms with Gasteiger partial charge in [0.25, 0.3) is 0 Å². The van der Waals surface area contributed by atoms with E-state index in [-0.39, 0.29) is 12.6 Å². The van der Waals surface area contributed by atoms with E-state index in [4.69, 9.17) is 4.98 Å². The summed E-state index contributed by atoms with van der Waals surface area (Å²) >= 11 is 0. The Hall–Kier alpha value is -3.40. The van der Waals surface area contributed by atoms with Gasteiger partial charge in [0.05, 0.1) is 25.2 Å². The third-order valence-corrected chi connectivity index (χ3v) is 6.90. The van der Waals surface area contributed by atoms with E-state index < -0.39 is 0 Å². The van der Waals surface area contributed by atoms with Crippen LogP contribution in [0.4, 0.5) is 17.6 Å². The van der Waals surface area contributed by atoms with Gasteiger partial charge in [-0.3, -0.25) is 4.57 Å². The maximum atomic E-state index is 9.73. The number of aliphatic hydroxyl groups is 1. The highest BCUT2D eigenvalue weighted by Gasteiger charge is 2.27. The fraction of sp³-hybridized carbons (Fsp3) is 0.478. The summed E-state index contributed by atoms with van der Waals surface area (Å²) in [4.78, 5) is 16.0. The zero-order valence-corrected chi connectivity index (χ0v) is 18.6. The second-order valence-corrected chi connectivity index (χ2v) is 9.03. The van der Waals surface area contributed by atoms with E-state index in [0.717, 1.165) is 30.7 Å². The first kappa shape index (κ1) is 20.2. The number of aliphatic hydroxyl groups excluding tert-OH is 1. The Kier molecular flexibility index (Phi) is 5.21. The molecule has 4 aromatic rings. The summed E-state index contributed by atoms with van der Waals surface area (Å²) in [5.41, 5.74) is 0.870. The molecule has 5 heterocycles. The van der Waals surface area contributed by atoms with Gasteiger partial charge in [-0.1, -0.05) is 19.3 Å². The number of aromatic nitrogens is 7. The van der Waals surface area contributed by atoms with Gasteiger partial charge in [-0.2, -0.15) is 4.98 Å². The molecule has 1 aliphatic heterocycles. The Morgan fingerprint density at radius 3 is 2.82 bits per heavy atom. The lowest BCUT2D eigenvalue weighted by Crippen LogP contribution is -2.34. The molecule has 0 aromatic carbocycles. The van der Waals surface area contributed by atoms with Crippen molar-refractivity contribution >= 4 is 23.1 Å². The first-order valence-corrected chi connectivity index (χ1v) is 11.9. The van der Waals surface area contributed by atoms with Crippen molar-refractivity contribution in [3.8, 4) is 5.82 Å². The second kappa shape index (κ2) is 8.51. The highest BCUT2D eigenvalue weighted by atomic mass is 16.3. The van der Waals surface area contributed by atoms with E-state index in [9.17, 15) is 5.11 Å². The van der Waals surface area contributed by atoms with Gasteiger partial charge >= 0.3 is 0 Å². The lowest BCUT2D eigenvalue weighted by molar-refractivity contribution is 0.265. The zero-order valence-electron chi connectivity index (χ0n) is 18.6. The van der Waals surface area contributed by atoms with Crippen molar-refractivity contribution < 1.29 is 5.11 Å². The van der Waals surface area contributed by atoms with Crippen LogP contribution in [0.2, 0.25) is 0 Å². The molecule has 0 radical (unpaired) electrons. The lowest BCUT2D eigenvalue weighted by Gasteiger charge is -2.23. The molecular weight excluding hydrogens is 418 g/mol. The van der Waals surface area contributed by atoms with E-state index in [0.29, 0.717) is 23.6 Å². The second-order valence-electron chi connectivity index (χ2n) is 9.03. The maximum Gasteiger partial charge on any atom is 0.245 e. The maximum absolute atomic E-state index is 9.73. The van der Waals surface area contributed by atoms with Crippen LogP contribution >= 0.6 is 0 Å². The SMILES string of the molecule is OC[C@@H]1CCCN1c1nc(Nc2cn(-c3cn(C4CCCCC4)cn3)cn2)c2cccn2n1. The van der Waals surface area contributed by atoms with Crippen LogP contribution in [0.1, 0.15) is 51.0 Å². The van der Waals surface area contributed by atoms with Crippen molar-refractivity contribution in [2.75, 3.05) is 23.4 Å². The molecule has 1 aliphatic carbocycles. The van der Waals surface area contributed by atoms with Crippen LogP contribution in [0.3, 0.4) is 0 Å². The lowest BCUT2D eigenvalue weighted by atomic mass is 9.95. The summed E-state index contributed by atoms with van der Waals surface area (Å²) < 4.78 is 6.00. The molecule has 33 heavy (non-hydrogen) atoms. The summed E-state index contributed by atoms with van der Waals surface area (Å²) in [5.74, 6) is 2.85. The number of hydrogen-bond acceptors (Lipinski definition) is 7. The average Bonchev–Trinajstić information content (AvgIpc) is 3.65. The fourth-order valence-electron chi connectivity index (χ4n) is 5.10. The van der Waals surface area contributed by atoms with E-state index in [1.807, 2.05) is 39.9 Å². The van der Waals surface area contributed by atoms with E-state index >= 15 is 0 Å². The molecule has 1 saturated carbocycles. The molecule has 0 unspecified atom stereocenters. The zero-order chi connectivity index (χ0) is 22.2. The minimum absolute atomic E-state index is 0.0596. The summed E-state index contributed by atoms with van der Waals surface area (Å²) in [7, 11) is 0. The highest BCUT2D eigenvalue weighted by Crippen LogP contribution is 2.29. The van der Waals surface area contributed by atoms with E-state index in [1.165, 1.54) is 32.1 Å². The van der Waals surface area contributed by atoms with Crippen molar-refractivity contribution in [1.29, 1.82) is 0 Å². The van der Waals surface area contributed by atoms with E-state index in [2.05, 4.69) is 36.0 Å². The molecule has 172 valence electrons. The third-order valence-electron chi connectivity index (χ3n) is 6.90. The van der Waals surface area contributed by atoms with Crippen molar-refractivity contribution in [1.82, 2.24) is 33.7 Å². The molecule has 0 amide bonds. The summed E-state index contributed by atoms with van der Waals surface area (Å²) in [6, 6.07) is 4.53. The summed E-state index contributed by atoms with van der Waals surface area (Å²) in [5, 5.41) is 17.8. The number of rotatable bonds is 6. The minimum atomic E-state index is 0.0596. The Morgan fingerprint density at radius 2 is 1.94 bits per heavy atom. The van der Waals surface area contributed by atoms with Crippen LogP contribution in [-0.4, -0.2) is 58.0 Å². The van der Waals surface area contributed by atoms with Gasteiger partial charge in [-0.05, 0) is 37.8 Å². The van der Waals surface area contributed by atoms with Crippen molar-refractivity contribution in [3.63, 3.8) is 0 Å². The van der Waals surface area contributed by atoms with Gasteiger partial charge in [0.15, 0.2) is 11.6 Å². The van der Waals surface area contributed by atoms with Crippen LogP contribution in [-0.2, 0) is 0 Å². The van der Waals surface area contributed by atoms with Crippen molar-refractivity contribution in [2.45, 2.75) is 57.0 Å². The molecule has 2 N–H and O–H groups in total. The molecule has 2 fully saturated rings. The predicted octanol–water partition coefficient (Wildman–Crippen LogP) is 3.32. The largest absolute Gasteiger partial charge is 0.394 e. The average molecular weight is 448 g/mol. The standard InChI is InChI=1S/C23H29N9O/c33-14-18-8-4-10-31(18)23-27-22(19-9-5-11-32(19)28-23)26-20-12-30(15-24-20)21-13-29(16-25-21)17-6-2-1-3-7-17/h5,9,11-13,15-18,33H,1-4,6-8,10,14H2,(H,26,27,28)/t18-/m0/s1. The van der Waals surface area contributed by atoms with Gasteiger partial charge in [0.1, 0.15) is 17.7 Å². The highest BCUT2D eigenvalue weighted by molar-refractivity contribution is 5.73. The topological polar surface area (TPSA) is 101 Å². The summed E-state index contributed by atoms with van der Waals surface area (Å²) in [6.07, 6.45) is 18.0. The van der Waals surface area contributed by atoms with Gasteiger partial charge in [0.2, 0.25) is 5.95 Å². The predicted molar refractivity (Wildman–Crippen MR) is 125 cm³/mol. The smallest absolute Gasteiger partial charge is 0.245 e. The number of hydrogen-bond donors (Lipinski definition) is 2. The third kappa shape index (κ3) is 3.84. The number of imidazole rings is 2. The number of nitrogens with one attached hydrogen (secondary N) is 1. The first-order chi connectivity index (χ1) is 16.3. The molecule has 1 atom stereocenters. The van der Waals surface area contributed by atoms with E-state index in [1.54, 1.807) is 6.33 Å². The van der Waals surface area contributed by atoms with Gasteiger partial charge < -0.3 is 19.9 Å². The van der Waals surface area contributed by atoms with Gasteiger partial charge in [-0.25, -0.2) is 14.5 Å².